The molecule has 5 nitrogen and oxygen atoms in total. The maximum atomic E-state index is 13.5. The van der Waals surface area contributed by atoms with E-state index in [-0.39, 0.29) is 11.3 Å². The van der Waals surface area contributed by atoms with Gasteiger partial charge in [-0.25, -0.2) is 22.0 Å². The molecule has 0 spiro atoms. The minimum atomic E-state index is -2.29. The van der Waals surface area contributed by atoms with Gasteiger partial charge in [0.1, 0.15) is 18.0 Å². The van der Waals surface area contributed by atoms with Crippen molar-refractivity contribution < 1.29 is 36.6 Å². The Morgan fingerprint density at radius 3 is 2.20 bits per heavy atom. The SMILES string of the molecule is O=C([O-])COc1ccccc1/C=N\Nc1c(F)c(F)c(F)c(F)c1F. The van der Waals surface area contributed by atoms with E-state index in [9.17, 15) is 31.9 Å². The van der Waals surface area contributed by atoms with Gasteiger partial charge < -0.3 is 14.6 Å². The molecule has 0 aliphatic rings. The van der Waals surface area contributed by atoms with Gasteiger partial charge in [-0.2, -0.15) is 5.10 Å². The highest BCUT2D eigenvalue weighted by Gasteiger charge is 2.25. The van der Waals surface area contributed by atoms with Crippen LogP contribution in [-0.4, -0.2) is 18.8 Å². The number of aliphatic carboxylic acids is 1. The molecule has 0 aliphatic heterocycles. The van der Waals surface area contributed by atoms with E-state index < -0.39 is 47.3 Å². The Labute approximate surface area is 137 Å². The van der Waals surface area contributed by atoms with Crippen molar-refractivity contribution in [1.29, 1.82) is 0 Å². The van der Waals surface area contributed by atoms with E-state index in [1.165, 1.54) is 24.3 Å². The Hall–Kier alpha value is -3.17. The summed E-state index contributed by atoms with van der Waals surface area (Å²) < 4.78 is 70.9. The van der Waals surface area contributed by atoms with Crippen molar-refractivity contribution in [1.82, 2.24) is 0 Å². The number of para-hydroxylation sites is 1. The summed E-state index contributed by atoms with van der Waals surface area (Å²) in [5.41, 5.74) is 0.567. The number of halogens is 5. The zero-order chi connectivity index (χ0) is 18.6. The Morgan fingerprint density at radius 1 is 1.04 bits per heavy atom. The predicted octanol–water partition coefficient (Wildman–Crippen LogP) is 1.96. The van der Waals surface area contributed by atoms with Crippen LogP contribution in [0.2, 0.25) is 0 Å². The molecule has 2 rings (SSSR count). The van der Waals surface area contributed by atoms with Crippen molar-refractivity contribution in [2.24, 2.45) is 5.10 Å². The highest BCUT2D eigenvalue weighted by molar-refractivity contribution is 5.84. The Bertz CT molecular complexity index is 813. The van der Waals surface area contributed by atoms with Gasteiger partial charge in [0, 0.05) is 5.56 Å². The number of benzene rings is 2. The highest BCUT2D eigenvalue weighted by Crippen LogP contribution is 2.27. The van der Waals surface area contributed by atoms with Crippen LogP contribution in [0.15, 0.2) is 29.4 Å². The highest BCUT2D eigenvalue weighted by atomic mass is 19.2. The number of rotatable bonds is 6. The lowest BCUT2D eigenvalue weighted by atomic mass is 10.2. The van der Waals surface area contributed by atoms with Crippen molar-refractivity contribution in [3.63, 3.8) is 0 Å². The summed E-state index contributed by atoms with van der Waals surface area (Å²) in [5.74, 6) is -12.1. The van der Waals surface area contributed by atoms with E-state index >= 15 is 0 Å². The second-order valence-electron chi connectivity index (χ2n) is 4.51. The number of carbonyl (C=O) groups excluding carboxylic acids is 1. The molecule has 1 N–H and O–H groups in total. The molecule has 0 saturated heterocycles. The van der Waals surface area contributed by atoms with Crippen LogP contribution in [0.3, 0.4) is 0 Å². The predicted molar refractivity (Wildman–Crippen MR) is 74.4 cm³/mol. The number of hydrogen-bond donors (Lipinski definition) is 1. The normalized spacial score (nSPS) is 10.9. The largest absolute Gasteiger partial charge is 0.546 e. The van der Waals surface area contributed by atoms with Gasteiger partial charge in [-0.3, -0.25) is 5.43 Å². The first kappa shape index (κ1) is 18.2. The topological polar surface area (TPSA) is 73.8 Å². The van der Waals surface area contributed by atoms with Crippen molar-refractivity contribution in [3.8, 4) is 5.75 Å². The molecule has 25 heavy (non-hydrogen) atoms. The molecule has 0 unspecified atom stereocenters. The van der Waals surface area contributed by atoms with Crippen LogP contribution < -0.4 is 15.3 Å². The molecule has 0 radical (unpaired) electrons. The standard InChI is InChI=1S/C15H9F5N2O3/c16-10-11(17)13(19)15(14(20)12(10)18)22-21-5-7-3-1-2-4-8(7)25-6-9(23)24/h1-5,22H,6H2,(H,23,24)/p-1/b21-5-. The average Bonchev–Trinajstić information content (AvgIpc) is 2.60. The third-order valence-corrected chi connectivity index (χ3v) is 2.85. The third kappa shape index (κ3) is 4.03. The molecule has 0 heterocycles. The second kappa shape index (κ2) is 7.60. The van der Waals surface area contributed by atoms with Crippen molar-refractivity contribution >= 4 is 17.9 Å². The molecule has 10 heteroatoms. The first-order chi connectivity index (χ1) is 11.8. The molecule has 0 atom stereocenters. The maximum Gasteiger partial charge on any atom is 0.200 e. The van der Waals surface area contributed by atoms with Crippen LogP contribution in [-0.2, 0) is 4.79 Å². The number of nitrogens with one attached hydrogen (secondary N) is 1. The van der Waals surface area contributed by atoms with E-state index in [0.29, 0.717) is 0 Å². The van der Waals surface area contributed by atoms with E-state index in [1.54, 1.807) is 5.43 Å². The Balaban J connectivity index is 2.24. The van der Waals surface area contributed by atoms with Crippen LogP contribution >= 0.6 is 0 Å². The molecular weight excluding hydrogens is 351 g/mol. The lowest BCUT2D eigenvalue weighted by Crippen LogP contribution is -2.29. The number of carbonyl (C=O) groups is 1. The molecule has 132 valence electrons. The van der Waals surface area contributed by atoms with Crippen molar-refractivity contribution in [2.75, 3.05) is 12.0 Å². The molecule has 0 saturated carbocycles. The summed E-state index contributed by atoms with van der Waals surface area (Å²) in [6, 6.07) is 5.82. The van der Waals surface area contributed by atoms with E-state index in [4.69, 9.17) is 4.74 Å². The first-order valence-corrected chi connectivity index (χ1v) is 6.55. The van der Waals surface area contributed by atoms with Crippen LogP contribution in [0.25, 0.3) is 0 Å². The molecular formula is C15H8F5N2O3-. The van der Waals surface area contributed by atoms with E-state index in [1.807, 2.05) is 0 Å². The van der Waals surface area contributed by atoms with Crippen LogP contribution in [0.5, 0.6) is 5.75 Å². The fraction of sp³-hybridized carbons (Fsp3) is 0.0667. The van der Waals surface area contributed by atoms with Crippen LogP contribution in [0, 0.1) is 29.1 Å². The zero-order valence-corrected chi connectivity index (χ0v) is 12.2. The maximum absolute atomic E-state index is 13.5. The number of carboxylic acids is 1. The lowest BCUT2D eigenvalue weighted by Gasteiger charge is -2.09. The molecule has 0 bridgehead atoms. The van der Waals surface area contributed by atoms with Gasteiger partial charge in [-0.1, -0.05) is 12.1 Å². The molecule has 2 aromatic rings. The van der Waals surface area contributed by atoms with Gasteiger partial charge in [0.15, 0.2) is 23.3 Å². The smallest absolute Gasteiger partial charge is 0.200 e. The average molecular weight is 359 g/mol. The summed E-state index contributed by atoms with van der Waals surface area (Å²) in [4.78, 5) is 10.4. The van der Waals surface area contributed by atoms with Gasteiger partial charge in [0.05, 0.1) is 12.2 Å². The van der Waals surface area contributed by atoms with Gasteiger partial charge in [0.2, 0.25) is 5.82 Å². The Morgan fingerprint density at radius 2 is 1.60 bits per heavy atom. The summed E-state index contributed by atoms with van der Waals surface area (Å²) in [7, 11) is 0. The zero-order valence-electron chi connectivity index (χ0n) is 12.2. The molecule has 2 aromatic carbocycles. The third-order valence-electron chi connectivity index (χ3n) is 2.85. The van der Waals surface area contributed by atoms with Crippen LogP contribution in [0.4, 0.5) is 27.6 Å². The van der Waals surface area contributed by atoms with Gasteiger partial charge >= 0.3 is 0 Å². The van der Waals surface area contributed by atoms with Gasteiger partial charge in [-0.15, -0.1) is 0 Å². The number of ether oxygens (including phenoxy) is 1. The summed E-state index contributed by atoms with van der Waals surface area (Å²) in [5, 5.41) is 13.8. The number of carboxylic acid groups (broad SMARTS) is 1. The fourth-order valence-corrected chi connectivity index (χ4v) is 1.72. The monoisotopic (exact) mass is 359 g/mol. The number of anilines is 1. The van der Waals surface area contributed by atoms with Gasteiger partial charge in [-0.05, 0) is 12.1 Å². The summed E-state index contributed by atoms with van der Waals surface area (Å²) in [6.07, 6.45) is 0.947. The number of hydrazone groups is 1. The second-order valence-corrected chi connectivity index (χ2v) is 4.51. The van der Waals surface area contributed by atoms with Crippen LogP contribution in [0.1, 0.15) is 5.56 Å². The quantitative estimate of drug-likeness (QED) is 0.281. The molecule has 0 amide bonds. The minimum Gasteiger partial charge on any atom is -0.546 e. The van der Waals surface area contributed by atoms with Crippen molar-refractivity contribution in [2.45, 2.75) is 0 Å². The summed E-state index contributed by atoms with van der Waals surface area (Å²) in [6.45, 7) is -0.754. The first-order valence-electron chi connectivity index (χ1n) is 6.55. The fourth-order valence-electron chi connectivity index (χ4n) is 1.72. The molecule has 0 aliphatic carbocycles. The number of nitrogens with zero attached hydrogens (tertiary/aromatic N) is 1. The van der Waals surface area contributed by atoms with Gasteiger partial charge in [0.25, 0.3) is 0 Å². The minimum absolute atomic E-state index is 0.0506. The number of hydrogen-bond acceptors (Lipinski definition) is 5. The Kier molecular flexibility index (Phi) is 5.52. The van der Waals surface area contributed by atoms with E-state index in [2.05, 4.69) is 5.10 Å². The lowest BCUT2D eigenvalue weighted by molar-refractivity contribution is -0.307. The van der Waals surface area contributed by atoms with E-state index in [0.717, 1.165) is 6.21 Å². The summed E-state index contributed by atoms with van der Waals surface area (Å²) >= 11 is 0. The molecule has 0 aromatic heterocycles. The molecule has 0 fully saturated rings. The van der Waals surface area contributed by atoms with Crippen molar-refractivity contribution in [3.05, 3.63) is 58.9 Å².